The third-order valence-electron chi connectivity index (χ3n) is 4.00. The van der Waals surface area contributed by atoms with E-state index in [9.17, 15) is 9.59 Å². The number of urea groups is 1. The van der Waals surface area contributed by atoms with Gasteiger partial charge in [0.15, 0.2) is 0 Å². The van der Waals surface area contributed by atoms with Crippen molar-refractivity contribution in [2.45, 2.75) is 26.7 Å². The summed E-state index contributed by atoms with van der Waals surface area (Å²) in [6.07, 6.45) is 2.21. The van der Waals surface area contributed by atoms with Crippen molar-refractivity contribution in [2.75, 3.05) is 40.3 Å². The lowest BCUT2D eigenvalue weighted by atomic mass is 9.74. The smallest absolute Gasteiger partial charge is 0.316 e. The number of rotatable bonds is 5. The second-order valence-electron chi connectivity index (χ2n) is 6.15. The van der Waals surface area contributed by atoms with Gasteiger partial charge in [-0.2, -0.15) is 0 Å². The van der Waals surface area contributed by atoms with Crippen LogP contribution in [0.3, 0.4) is 0 Å². The molecule has 1 saturated heterocycles. The highest BCUT2D eigenvalue weighted by molar-refractivity contribution is 5.82. The first-order valence-corrected chi connectivity index (χ1v) is 7.30. The monoisotopic (exact) mass is 284 g/mol. The molecule has 6 nitrogen and oxygen atoms in total. The number of carbonyl (C=O) groups is 2. The first kappa shape index (κ1) is 16.8. The topological polar surface area (TPSA) is 73.5 Å². The van der Waals surface area contributed by atoms with E-state index in [1.165, 1.54) is 4.90 Å². The Hall–Kier alpha value is -1.30. The minimum atomic E-state index is -0.376. The van der Waals surface area contributed by atoms with Crippen LogP contribution in [0.5, 0.6) is 0 Å². The molecular formula is C14H28N4O2. The Bertz CT molecular complexity index is 336. The fourth-order valence-electron chi connectivity index (χ4n) is 2.38. The Labute approximate surface area is 121 Å². The molecule has 1 unspecified atom stereocenters. The van der Waals surface area contributed by atoms with E-state index >= 15 is 0 Å². The van der Waals surface area contributed by atoms with E-state index in [-0.39, 0.29) is 17.4 Å². The number of nitrogens with zero attached hydrogens (tertiary/aromatic N) is 1. The van der Waals surface area contributed by atoms with Crippen molar-refractivity contribution >= 4 is 11.9 Å². The van der Waals surface area contributed by atoms with E-state index < -0.39 is 0 Å². The standard InChI is InChI=1S/C14H28N4O2/c1-14(2,11-6-5-7-15-10-11)12(19)16-8-9-17-13(20)18(3)4/h11,15H,5-10H2,1-4H3,(H,16,19)(H,17,20). The van der Waals surface area contributed by atoms with Gasteiger partial charge in [-0.05, 0) is 31.8 Å². The zero-order valence-corrected chi connectivity index (χ0v) is 13.1. The second-order valence-corrected chi connectivity index (χ2v) is 6.15. The van der Waals surface area contributed by atoms with Gasteiger partial charge in [0.25, 0.3) is 0 Å². The third-order valence-corrected chi connectivity index (χ3v) is 4.00. The number of nitrogens with one attached hydrogen (secondary N) is 3. The summed E-state index contributed by atoms with van der Waals surface area (Å²) in [6.45, 7) is 6.85. The summed E-state index contributed by atoms with van der Waals surface area (Å²) in [5.74, 6) is 0.429. The minimum Gasteiger partial charge on any atom is -0.354 e. The molecule has 0 aromatic carbocycles. The molecule has 1 aliphatic rings. The van der Waals surface area contributed by atoms with Gasteiger partial charge in [0.2, 0.25) is 5.91 Å². The first-order chi connectivity index (χ1) is 9.35. The molecule has 116 valence electrons. The van der Waals surface area contributed by atoms with E-state index in [4.69, 9.17) is 0 Å². The molecule has 1 aliphatic heterocycles. The van der Waals surface area contributed by atoms with Crippen LogP contribution in [-0.4, -0.2) is 57.1 Å². The number of hydrogen-bond acceptors (Lipinski definition) is 3. The highest BCUT2D eigenvalue weighted by atomic mass is 16.2. The van der Waals surface area contributed by atoms with E-state index in [1.807, 2.05) is 13.8 Å². The molecule has 0 spiro atoms. The highest BCUT2D eigenvalue weighted by Gasteiger charge is 2.36. The molecular weight excluding hydrogens is 256 g/mol. The zero-order chi connectivity index (χ0) is 15.2. The van der Waals surface area contributed by atoms with Crippen LogP contribution in [0, 0.1) is 11.3 Å². The molecule has 0 aromatic heterocycles. The fraction of sp³-hybridized carbons (Fsp3) is 0.857. The van der Waals surface area contributed by atoms with Gasteiger partial charge in [0.05, 0.1) is 0 Å². The average molecular weight is 284 g/mol. The first-order valence-electron chi connectivity index (χ1n) is 7.30. The van der Waals surface area contributed by atoms with Crippen molar-refractivity contribution in [1.29, 1.82) is 0 Å². The third kappa shape index (κ3) is 4.67. The molecule has 1 fully saturated rings. The summed E-state index contributed by atoms with van der Waals surface area (Å²) in [5, 5.41) is 8.99. The van der Waals surface area contributed by atoms with Gasteiger partial charge in [-0.3, -0.25) is 4.79 Å². The van der Waals surface area contributed by atoms with Gasteiger partial charge in [-0.15, -0.1) is 0 Å². The van der Waals surface area contributed by atoms with E-state index in [1.54, 1.807) is 14.1 Å². The predicted molar refractivity (Wildman–Crippen MR) is 79.5 cm³/mol. The van der Waals surface area contributed by atoms with Crippen LogP contribution in [0.4, 0.5) is 4.79 Å². The molecule has 0 saturated carbocycles. The second kappa shape index (κ2) is 7.47. The van der Waals surface area contributed by atoms with Crippen molar-refractivity contribution in [1.82, 2.24) is 20.9 Å². The van der Waals surface area contributed by atoms with Gasteiger partial charge in [-0.25, -0.2) is 4.79 Å². The molecule has 0 radical (unpaired) electrons. The van der Waals surface area contributed by atoms with Crippen LogP contribution >= 0.6 is 0 Å². The summed E-state index contributed by atoms with van der Waals surface area (Å²) in [6, 6.07) is -0.144. The van der Waals surface area contributed by atoms with E-state index in [2.05, 4.69) is 16.0 Å². The minimum absolute atomic E-state index is 0.0605. The molecule has 0 aromatic rings. The van der Waals surface area contributed by atoms with Gasteiger partial charge >= 0.3 is 6.03 Å². The summed E-state index contributed by atoms with van der Waals surface area (Å²) in [4.78, 5) is 25.1. The Balaban J connectivity index is 2.32. The normalized spacial score (nSPS) is 19.3. The van der Waals surface area contributed by atoms with Crippen LogP contribution < -0.4 is 16.0 Å². The Morgan fingerprint density at radius 3 is 2.45 bits per heavy atom. The quantitative estimate of drug-likeness (QED) is 0.640. The van der Waals surface area contributed by atoms with Crippen LogP contribution in [0.15, 0.2) is 0 Å². The maximum absolute atomic E-state index is 12.3. The Morgan fingerprint density at radius 2 is 1.90 bits per heavy atom. The fourth-order valence-corrected chi connectivity index (χ4v) is 2.38. The van der Waals surface area contributed by atoms with Crippen LogP contribution in [0.1, 0.15) is 26.7 Å². The number of carbonyl (C=O) groups excluding carboxylic acids is 2. The SMILES string of the molecule is CN(C)C(=O)NCCNC(=O)C(C)(C)C1CCCNC1. The molecule has 1 rings (SSSR count). The summed E-state index contributed by atoms with van der Waals surface area (Å²) >= 11 is 0. The number of amides is 3. The molecule has 0 bridgehead atoms. The maximum atomic E-state index is 12.3. The van der Waals surface area contributed by atoms with Crippen LogP contribution in [-0.2, 0) is 4.79 Å². The maximum Gasteiger partial charge on any atom is 0.316 e. The number of piperidine rings is 1. The van der Waals surface area contributed by atoms with E-state index in [0.29, 0.717) is 19.0 Å². The predicted octanol–water partition coefficient (Wildman–Crippen LogP) is 0.400. The molecule has 1 heterocycles. The van der Waals surface area contributed by atoms with Crippen molar-refractivity contribution in [3.05, 3.63) is 0 Å². The Morgan fingerprint density at radius 1 is 1.25 bits per heavy atom. The summed E-state index contributed by atoms with van der Waals surface area (Å²) < 4.78 is 0. The molecule has 3 N–H and O–H groups in total. The van der Waals surface area contributed by atoms with Gasteiger partial charge in [-0.1, -0.05) is 13.8 Å². The van der Waals surface area contributed by atoms with E-state index in [0.717, 1.165) is 25.9 Å². The molecule has 3 amide bonds. The van der Waals surface area contributed by atoms with Crippen molar-refractivity contribution in [3.8, 4) is 0 Å². The average Bonchev–Trinajstić information content (AvgIpc) is 2.43. The van der Waals surface area contributed by atoms with Crippen molar-refractivity contribution in [2.24, 2.45) is 11.3 Å². The highest BCUT2D eigenvalue weighted by Crippen LogP contribution is 2.31. The van der Waals surface area contributed by atoms with Gasteiger partial charge in [0.1, 0.15) is 0 Å². The summed E-state index contributed by atoms with van der Waals surface area (Å²) in [7, 11) is 3.38. The van der Waals surface area contributed by atoms with Crippen molar-refractivity contribution < 1.29 is 9.59 Å². The van der Waals surface area contributed by atoms with Crippen molar-refractivity contribution in [3.63, 3.8) is 0 Å². The zero-order valence-electron chi connectivity index (χ0n) is 13.1. The summed E-state index contributed by atoms with van der Waals surface area (Å²) in [5.41, 5.74) is -0.376. The lowest BCUT2D eigenvalue weighted by Crippen LogP contribution is -2.49. The van der Waals surface area contributed by atoms with Gasteiger partial charge in [0, 0.05) is 32.6 Å². The number of hydrogen-bond donors (Lipinski definition) is 3. The molecule has 20 heavy (non-hydrogen) atoms. The molecule has 0 aliphatic carbocycles. The lowest BCUT2D eigenvalue weighted by Gasteiger charge is -2.36. The van der Waals surface area contributed by atoms with Crippen LogP contribution in [0.2, 0.25) is 0 Å². The lowest BCUT2D eigenvalue weighted by molar-refractivity contribution is -0.132. The Kier molecular flexibility index (Phi) is 6.26. The largest absolute Gasteiger partial charge is 0.354 e. The van der Waals surface area contributed by atoms with Crippen LogP contribution in [0.25, 0.3) is 0 Å². The molecule has 6 heteroatoms. The molecule has 1 atom stereocenters. The van der Waals surface area contributed by atoms with Gasteiger partial charge < -0.3 is 20.9 Å².